The van der Waals surface area contributed by atoms with Gasteiger partial charge in [0.1, 0.15) is 11.5 Å². The molecule has 0 atom stereocenters. The SMILES string of the molecule is COc1ccc(-c2nc(C3CCCCCC3)no2)c(O)c1. The van der Waals surface area contributed by atoms with Crippen LogP contribution in [-0.4, -0.2) is 22.4 Å². The third-order valence-corrected chi connectivity index (χ3v) is 4.10. The van der Waals surface area contributed by atoms with Gasteiger partial charge in [-0.3, -0.25) is 0 Å². The van der Waals surface area contributed by atoms with Crippen molar-refractivity contribution in [3.63, 3.8) is 0 Å². The number of hydrogen-bond donors (Lipinski definition) is 1. The summed E-state index contributed by atoms with van der Waals surface area (Å²) in [5.41, 5.74) is 0.545. The number of rotatable bonds is 3. The smallest absolute Gasteiger partial charge is 0.261 e. The van der Waals surface area contributed by atoms with E-state index < -0.39 is 0 Å². The first kappa shape index (κ1) is 13.9. The standard InChI is InChI=1S/C16H20N2O3/c1-20-12-8-9-13(14(19)10-12)16-17-15(18-21-16)11-6-4-2-3-5-7-11/h8-11,19H,2-7H2,1H3. The van der Waals surface area contributed by atoms with Crippen molar-refractivity contribution in [3.8, 4) is 23.0 Å². The quantitative estimate of drug-likeness (QED) is 0.868. The highest BCUT2D eigenvalue weighted by Gasteiger charge is 2.21. The number of methoxy groups -OCH3 is 1. The van der Waals surface area contributed by atoms with Crippen molar-refractivity contribution in [1.29, 1.82) is 0 Å². The Labute approximate surface area is 123 Å². The van der Waals surface area contributed by atoms with E-state index in [0.29, 0.717) is 23.1 Å². The minimum Gasteiger partial charge on any atom is -0.507 e. The summed E-state index contributed by atoms with van der Waals surface area (Å²) in [5.74, 6) is 2.20. The topological polar surface area (TPSA) is 68.4 Å². The number of nitrogens with zero attached hydrogens (tertiary/aromatic N) is 2. The van der Waals surface area contributed by atoms with Gasteiger partial charge in [-0.1, -0.05) is 30.8 Å². The van der Waals surface area contributed by atoms with E-state index in [-0.39, 0.29) is 5.75 Å². The molecule has 1 saturated carbocycles. The molecule has 112 valence electrons. The summed E-state index contributed by atoms with van der Waals surface area (Å²) in [5, 5.41) is 14.1. The third kappa shape index (κ3) is 3.01. The molecule has 0 unspecified atom stereocenters. The van der Waals surface area contributed by atoms with Gasteiger partial charge in [0.15, 0.2) is 5.82 Å². The zero-order valence-corrected chi connectivity index (χ0v) is 12.2. The van der Waals surface area contributed by atoms with Crippen molar-refractivity contribution in [3.05, 3.63) is 24.0 Å². The fraction of sp³-hybridized carbons (Fsp3) is 0.500. The second-order valence-corrected chi connectivity index (χ2v) is 5.53. The maximum Gasteiger partial charge on any atom is 0.261 e. The van der Waals surface area contributed by atoms with E-state index in [4.69, 9.17) is 9.26 Å². The average Bonchev–Trinajstić information content (AvgIpc) is 2.82. The second kappa shape index (κ2) is 6.16. The Morgan fingerprint density at radius 3 is 2.62 bits per heavy atom. The van der Waals surface area contributed by atoms with Crippen LogP contribution in [0.4, 0.5) is 0 Å². The van der Waals surface area contributed by atoms with E-state index in [1.165, 1.54) is 25.7 Å². The van der Waals surface area contributed by atoms with Crippen LogP contribution in [0.1, 0.15) is 50.3 Å². The van der Waals surface area contributed by atoms with E-state index in [9.17, 15) is 5.11 Å². The number of hydrogen-bond acceptors (Lipinski definition) is 5. The van der Waals surface area contributed by atoms with Crippen LogP contribution in [-0.2, 0) is 0 Å². The molecule has 2 aromatic rings. The number of phenols is 1. The summed E-state index contributed by atoms with van der Waals surface area (Å²) in [4.78, 5) is 4.48. The van der Waals surface area contributed by atoms with Crippen molar-refractivity contribution in [2.75, 3.05) is 7.11 Å². The van der Waals surface area contributed by atoms with E-state index >= 15 is 0 Å². The number of aromatic hydroxyl groups is 1. The van der Waals surface area contributed by atoms with Crippen LogP contribution < -0.4 is 4.74 Å². The molecule has 0 amide bonds. The van der Waals surface area contributed by atoms with Crippen LogP contribution in [0.25, 0.3) is 11.5 Å². The van der Waals surface area contributed by atoms with Crippen molar-refractivity contribution < 1.29 is 14.4 Å². The Morgan fingerprint density at radius 1 is 1.19 bits per heavy atom. The largest absolute Gasteiger partial charge is 0.507 e. The molecule has 0 saturated heterocycles. The van der Waals surface area contributed by atoms with Gasteiger partial charge >= 0.3 is 0 Å². The summed E-state index contributed by atoms with van der Waals surface area (Å²) in [6, 6.07) is 5.05. The zero-order chi connectivity index (χ0) is 14.7. The van der Waals surface area contributed by atoms with E-state index in [0.717, 1.165) is 18.7 Å². The van der Waals surface area contributed by atoms with Gasteiger partial charge in [-0.05, 0) is 25.0 Å². The average molecular weight is 288 g/mol. The molecule has 0 bridgehead atoms. The van der Waals surface area contributed by atoms with Crippen LogP contribution in [0.15, 0.2) is 22.7 Å². The second-order valence-electron chi connectivity index (χ2n) is 5.53. The first-order chi connectivity index (χ1) is 10.3. The lowest BCUT2D eigenvalue weighted by Crippen LogP contribution is -1.99. The normalized spacial score (nSPS) is 16.6. The lowest BCUT2D eigenvalue weighted by Gasteiger charge is -2.07. The summed E-state index contributed by atoms with van der Waals surface area (Å²) in [7, 11) is 1.56. The Morgan fingerprint density at radius 2 is 1.95 bits per heavy atom. The first-order valence-corrected chi connectivity index (χ1v) is 7.49. The fourth-order valence-corrected chi connectivity index (χ4v) is 2.87. The van der Waals surface area contributed by atoms with E-state index in [1.807, 2.05) is 0 Å². The number of aromatic nitrogens is 2. The monoisotopic (exact) mass is 288 g/mol. The van der Waals surface area contributed by atoms with Gasteiger partial charge in [0.05, 0.1) is 12.7 Å². The van der Waals surface area contributed by atoms with Crippen LogP contribution in [0.2, 0.25) is 0 Å². The molecule has 0 aliphatic heterocycles. The Hall–Kier alpha value is -2.04. The van der Waals surface area contributed by atoms with Gasteiger partial charge in [0.25, 0.3) is 5.89 Å². The lowest BCUT2D eigenvalue weighted by molar-refractivity contribution is 0.400. The number of phenolic OH excluding ortho intramolecular Hbond substituents is 1. The Kier molecular flexibility index (Phi) is 4.08. The first-order valence-electron chi connectivity index (χ1n) is 7.49. The molecule has 3 rings (SSSR count). The van der Waals surface area contributed by atoms with Crippen molar-refractivity contribution >= 4 is 0 Å². The molecule has 0 spiro atoms. The molecule has 5 nitrogen and oxygen atoms in total. The molecule has 21 heavy (non-hydrogen) atoms. The van der Waals surface area contributed by atoms with Crippen LogP contribution in [0.3, 0.4) is 0 Å². The molecule has 1 aromatic carbocycles. The predicted octanol–water partition coefficient (Wildman–Crippen LogP) is 3.89. The van der Waals surface area contributed by atoms with E-state index in [1.54, 1.807) is 25.3 Å². The van der Waals surface area contributed by atoms with Gasteiger partial charge in [-0.2, -0.15) is 4.98 Å². The van der Waals surface area contributed by atoms with Crippen molar-refractivity contribution in [2.45, 2.75) is 44.4 Å². The van der Waals surface area contributed by atoms with Gasteiger partial charge in [0.2, 0.25) is 0 Å². The Bertz CT molecular complexity index is 601. The summed E-state index contributed by atoms with van der Waals surface area (Å²) in [6.45, 7) is 0. The third-order valence-electron chi connectivity index (χ3n) is 4.10. The summed E-state index contributed by atoms with van der Waals surface area (Å²) < 4.78 is 10.4. The van der Waals surface area contributed by atoms with Crippen molar-refractivity contribution in [1.82, 2.24) is 10.1 Å². The van der Waals surface area contributed by atoms with Crippen LogP contribution >= 0.6 is 0 Å². The molecule has 1 aliphatic rings. The summed E-state index contributed by atoms with van der Waals surface area (Å²) in [6.07, 6.45) is 7.27. The maximum atomic E-state index is 10.0. The molecule has 1 fully saturated rings. The van der Waals surface area contributed by atoms with Gasteiger partial charge in [-0.15, -0.1) is 0 Å². The minimum atomic E-state index is 0.0883. The molecule has 1 aliphatic carbocycles. The van der Waals surface area contributed by atoms with Gasteiger partial charge in [0, 0.05) is 12.0 Å². The molecule has 1 heterocycles. The molecule has 1 aromatic heterocycles. The maximum absolute atomic E-state index is 10.0. The molecule has 0 radical (unpaired) electrons. The van der Waals surface area contributed by atoms with E-state index in [2.05, 4.69) is 10.1 Å². The number of benzene rings is 1. The zero-order valence-electron chi connectivity index (χ0n) is 12.2. The lowest BCUT2D eigenvalue weighted by atomic mass is 10.00. The van der Waals surface area contributed by atoms with Gasteiger partial charge in [-0.25, -0.2) is 0 Å². The summed E-state index contributed by atoms with van der Waals surface area (Å²) >= 11 is 0. The molecular weight excluding hydrogens is 268 g/mol. The highest BCUT2D eigenvalue weighted by atomic mass is 16.5. The Balaban J connectivity index is 1.84. The minimum absolute atomic E-state index is 0.0883. The van der Waals surface area contributed by atoms with Crippen LogP contribution in [0.5, 0.6) is 11.5 Å². The van der Waals surface area contributed by atoms with Crippen LogP contribution in [0, 0.1) is 0 Å². The highest BCUT2D eigenvalue weighted by molar-refractivity contribution is 5.63. The van der Waals surface area contributed by atoms with Gasteiger partial charge < -0.3 is 14.4 Å². The van der Waals surface area contributed by atoms with Crippen molar-refractivity contribution in [2.24, 2.45) is 0 Å². The fourth-order valence-electron chi connectivity index (χ4n) is 2.87. The molecular formula is C16H20N2O3. The predicted molar refractivity (Wildman–Crippen MR) is 78.4 cm³/mol. The highest BCUT2D eigenvalue weighted by Crippen LogP contribution is 2.34. The molecule has 5 heteroatoms. The number of ether oxygens (including phenoxy) is 1. The molecule has 1 N–H and O–H groups in total.